The van der Waals surface area contributed by atoms with Gasteiger partial charge < -0.3 is 0 Å². The molecule has 0 bridgehead atoms. The van der Waals surface area contributed by atoms with E-state index in [0.29, 0.717) is 24.7 Å². The molecule has 0 aromatic carbocycles. The summed E-state index contributed by atoms with van der Waals surface area (Å²) in [5, 5.41) is 0. The van der Waals surface area contributed by atoms with Crippen molar-refractivity contribution in [3.05, 3.63) is 23.3 Å². The molecule has 0 aromatic rings. The second-order valence-electron chi connectivity index (χ2n) is 7.70. The predicted molar refractivity (Wildman–Crippen MR) is 90.2 cm³/mol. The summed E-state index contributed by atoms with van der Waals surface area (Å²) < 4.78 is 29.0. The van der Waals surface area contributed by atoms with Gasteiger partial charge in [0.05, 0.1) is 0 Å². The summed E-state index contributed by atoms with van der Waals surface area (Å²) in [5.41, 5.74) is 2.60. The molecule has 2 heteroatoms. The zero-order chi connectivity index (χ0) is 16.2. The first-order valence-corrected chi connectivity index (χ1v) is 9.17. The summed E-state index contributed by atoms with van der Waals surface area (Å²) in [4.78, 5) is 0. The van der Waals surface area contributed by atoms with Gasteiger partial charge in [0.1, 0.15) is 0 Å². The first kappa shape index (κ1) is 17.7. The molecular weight excluding hydrogens is 278 g/mol. The topological polar surface area (TPSA) is 0 Å². The molecule has 0 nitrogen and oxygen atoms in total. The third-order valence-electron chi connectivity index (χ3n) is 5.32. The maximum atomic E-state index is 14.5. The second-order valence-corrected chi connectivity index (χ2v) is 7.70. The fraction of sp³-hybridized carbons (Fsp3) is 0.800. The highest BCUT2D eigenvalue weighted by Gasteiger charge is 2.43. The standard InChI is InChI=1S/C20H32F2/c1-4-6-16-7-5-8-17(10-9-16)18-11-12-19(13-15(2)3)20(21,22)14-18/h7,11,15,17,19H,4-6,8-10,12-14H2,1-3H3. The summed E-state index contributed by atoms with van der Waals surface area (Å²) in [5.74, 6) is -2.21. The van der Waals surface area contributed by atoms with Crippen LogP contribution >= 0.6 is 0 Å². The zero-order valence-corrected chi connectivity index (χ0v) is 14.5. The molecule has 126 valence electrons. The van der Waals surface area contributed by atoms with Gasteiger partial charge in [-0.05, 0) is 56.8 Å². The molecule has 0 spiro atoms. The Labute approximate surface area is 135 Å². The van der Waals surface area contributed by atoms with Gasteiger partial charge >= 0.3 is 0 Å². The Morgan fingerprint density at radius 2 is 2.00 bits per heavy atom. The fourth-order valence-electron chi connectivity index (χ4n) is 4.12. The molecule has 0 heterocycles. The summed E-state index contributed by atoms with van der Waals surface area (Å²) in [7, 11) is 0. The van der Waals surface area contributed by atoms with Crippen LogP contribution in [0, 0.1) is 17.8 Å². The Hall–Kier alpha value is -0.660. The summed E-state index contributed by atoms with van der Waals surface area (Å²) in [6.07, 6.45) is 12.4. The monoisotopic (exact) mass is 310 g/mol. The van der Waals surface area contributed by atoms with Gasteiger partial charge in [0.2, 0.25) is 0 Å². The van der Waals surface area contributed by atoms with E-state index < -0.39 is 11.8 Å². The van der Waals surface area contributed by atoms with E-state index in [1.54, 1.807) is 5.57 Å². The lowest BCUT2D eigenvalue weighted by Crippen LogP contribution is -2.33. The van der Waals surface area contributed by atoms with Crippen molar-refractivity contribution in [1.82, 2.24) is 0 Å². The molecule has 0 N–H and O–H groups in total. The molecule has 0 aliphatic heterocycles. The van der Waals surface area contributed by atoms with Crippen molar-refractivity contribution < 1.29 is 8.78 Å². The van der Waals surface area contributed by atoms with Gasteiger partial charge in [0.25, 0.3) is 5.92 Å². The summed E-state index contributed by atoms with van der Waals surface area (Å²) in [6.45, 7) is 6.30. The number of hydrogen-bond donors (Lipinski definition) is 0. The quantitative estimate of drug-likeness (QED) is 0.483. The maximum absolute atomic E-state index is 14.5. The Bertz CT molecular complexity index is 417. The van der Waals surface area contributed by atoms with Gasteiger partial charge in [-0.2, -0.15) is 0 Å². The summed E-state index contributed by atoms with van der Waals surface area (Å²) in [6, 6.07) is 0. The fourth-order valence-corrected chi connectivity index (χ4v) is 4.12. The molecule has 0 amide bonds. The van der Waals surface area contributed by atoms with Crippen molar-refractivity contribution in [2.45, 2.75) is 84.5 Å². The van der Waals surface area contributed by atoms with Crippen molar-refractivity contribution >= 4 is 0 Å². The Morgan fingerprint density at radius 3 is 2.64 bits per heavy atom. The number of halogens is 2. The molecule has 0 saturated heterocycles. The van der Waals surface area contributed by atoms with Crippen molar-refractivity contribution in [3.8, 4) is 0 Å². The number of alkyl halides is 2. The first-order valence-electron chi connectivity index (χ1n) is 9.17. The average molecular weight is 310 g/mol. The van der Waals surface area contributed by atoms with Crippen LogP contribution in [0.15, 0.2) is 23.3 Å². The van der Waals surface area contributed by atoms with Crippen molar-refractivity contribution in [1.29, 1.82) is 0 Å². The lowest BCUT2D eigenvalue weighted by Gasteiger charge is -2.34. The molecule has 0 radical (unpaired) electrons. The van der Waals surface area contributed by atoms with Crippen molar-refractivity contribution in [2.75, 3.05) is 0 Å². The molecule has 2 atom stereocenters. The van der Waals surface area contributed by atoms with Gasteiger partial charge in [-0.1, -0.05) is 50.5 Å². The highest BCUT2D eigenvalue weighted by molar-refractivity contribution is 5.17. The van der Waals surface area contributed by atoms with E-state index in [0.717, 1.165) is 31.3 Å². The van der Waals surface area contributed by atoms with Crippen LogP contribution in [-0.2, 0) is 0 Å². The van der Waals surface area contributed by atoms with Crippen LogP contribution in [0.2, 0.25) is 0 Å². The SMILES string of the molecule is CCCC1=CCCC(C2=CCC(CC(C)C)C(F)(F)C2)CC1. The van der Waals surface area contributed by atoms with Gasteiger partial charge in [-0.25, -0.2) is 8.78 Å². The molecule has 0 fully saturated rings. The van der Waals surface area contributed by atoms with Gasteiger partial charge in [-0.15, -0.1) is 0 Å². The van der Waals surface area contributed by atoms with Crippen LogP contribution in [0.4, 0.5) is 8.78 Å². The van der Waals surface area contributed by atoms with Crippen LogP contribution in [0.5, 0.6) is 0 Å². The normalized spacial score (nSPS) is 29.0. The summed E-state index contributed by atoms with van der Waals surface area (Å²) >= 11 is 0. The van der Waals surface area contributed by atoms with Gasteiger partial charge in [-0.3, -0.25) is 0 Å². The third-order valence-corrected chi connectivity index (χ3v) is 5.32. The predicted octanol–water partition coefficient (Wildman–Crippen LogP) is 6.92. The van der Waals surface area contributed by atoms with E-state index >= 15 is 0 Å². The van der Waals surface area contributed by atoms with E-state index in [1.807, 2.05) is 13.8 Å². The average Bonchev–Trinajstić information content (AvgIpc) is 2.66. The Kier molecular flexibility index (Phi) is 6.23. The smallest absolute Gasteiger partial charge is 0.206 e. The van der Waals surface area contributed by atoms with Crippen LogP contribution in [0.1, 0.15) is 78.6 Å². The van der Waals surface area contributed by atoms with Crippen LogP contribution in [0.25, 0.3) is 0 Å². The first-order chi connectivity index (χ1) is 10.4. The highest BCUT2D eigenvalue weighted by Crippen LogP contribution is 2.45. The molecule has 2 aliphatic carbocycles. The molecule has 22 heavy (non-hydrogen) atoms. The maximum Gasteiger partial charge on any atom is 0.254 e. The molecule has 2 rings (SSSR count). The van der Waals surface area contributed by atoms with Crippen molar-refractivity contribution in [3.63, 3.8) is 0 Å². The van der Waals surface area contributed by atoms with Gasteiger partial charge in [0.15, 0.2) is 0 Å². The highest BCUT2D eigenvalue weighted by atomic mass is 19.3. The van der Waals surface area contributed by atoms with E-state index in [4.69, 9.17) is 0 Å². The third kappa shape index (κ3) is 4.67. The van der Waals surface area contributed by atoms with E-state index in [2.05, 4.69) is 19.1 Å². The largest absolute Gasteiger partial charge is 0.254 e. The Morgan fingerprint density at radius 1 is 1.23 bits per heavy atom. The lowest BCUT2D eigenvalue weighted by molar-refractivity contribution is -0.0704. The van der Waals surface area contributed by atoms with Crippen molar-refractivity contribution in [2.24, 2.45) is 17.8 Å². The minimum Gasteiger partial charge on any atom is -0.206 e. The lowest BCUT2D eigenvalue weighted by atomic mass is 9.76. The number of allylic oxidation sites excluding steroid dienone is 4. The minimum absolute atomic E-state index is 0.0121. The van der Waals surface area contributed by atoms with E-state index in [1.165, 1.54) is 12.8 Å². The molecule has 0 saturated carbocycles. The van der Waals surface area contributed by atoms with Crippen LogP contribution < -0.4 is 0 Å². The second kappa shape index (κ2) is 7.75. The Balaban J connectivity index is 1.98. The minimum atomic E-state index is -2.50. The van der Waals surface area contributed by atoms with Crippen LogP contribution in [-0.4, -0.2) is 5.92 Å². The zero-order valence-electron chi connectivity index (χ0n) is 14.5. The molecule has 0 aromatic heterocycles. The van der Waals surface area contributed by atoms with Gasteiger partial charge in [0, 0.05) is 12.3 Å². The molecule has 2 unspecified atom stereocenters. The van der Waals surface area contributed by atoms with Crippen LogP contribution in [0.3, 0.4) is 0 Å². The van der Waals surface area contributed by atoms with E-state index in [9.17, 15) is 8.78 Å². The van der Waals surface area contributed by atoms with E-state index in [-0.39, 0.29) is 6.42 Å². The number of rotatable bonds is 5. The number of hydrogen-bond acceptors (Lipinski definition) is 0. The molecule has 2 aliphatic rings. The molecular formula is C20H32F2.